The summed E-state index contributed by atoms with van der Waals surface area (Å²) < 4.78 is 9.17. The summed E-state index contributed by atoms with van der Waals surface area (Å²) in [5.74, 6) is -0.979. The molecule has 0 radical (unpaired) electrons. The molecule has 0 saturated heterocycles. The second-order valence-corrected chi connectivity index (χ2v) is 2.80. The molecule has 0 rings (SSSR count). The monoisotopic (exact) mass is 214 g/mol. The number of ketones is 1. The molecule has 0 aromatic carbocycles. The molecule has 1 atom stereocenters. The summed E-state index contributed by atoms with van der Waals surface area (Å²) in [6, 6.07) is 0. The normalized spacial score (nSPS) is 11.6. The molecule has 0 aliphatic carbocycles. The molecule has 0 bridgehead atoms. The first-order chi connectivity index (χ1) is 6.97. The van der Waals surface area contributed by atoms with Crippen LogP contribution in [-0.2, 0) is 19.1 Å². The molecular weight excluding hydrogens is 200 g/mol. The number of aliphatic hydroxyl groups excluding tert-OH is 1. The zero-order valence-corrected chi connectivity index (χ0v) is 8.56. The van der Waals surface area contributed by atoms with Gasteiger partial charge >= 0.3 is 5.97 Å². The van der Waals surface area contributed by atoms with Gasteiger partial charge in [0.05, 0.1) is 0 Å². The van der Waals surface area contributed by atoms with Gasteiger partial charge in [-0.05, 0) is 12.5 Å². The summed E-state index contributed by atoms with van der Waals surface area (Å²) in [6.45, 7) is 7.49. The van der Waals surface area contributed by atoms with E-state index in [0.29, 0.717) is 5.57 Å². The van der Waals surface area contributed by atoms with Crippen LogP contribution in [0.5, 0.6) is 0 Å². The fourth-order valence-corrected chi connectivity index (χ4v) is 0.556. The number of carbonyl (C=O) groups is 2. The van der Waals surface area contributed by atoms with Gasteiger partial charge in [-0.3, -0.25) is 4.79 Å². The fourth-order valence-electron chi connectivity index (χ4n) is 0.556. The lowest BCUT2D eigenvalue weighted by Gasteiger charge is -2.10. The molecule has 5 nitrogen and oxygen atoms in total. The first kappa shape index (κ1) is 13.5. The van der Waals surface area contributed by atoms with Gasteiger partial charge in [0.2, 0.25) is 0 Å². The Hall–Kier alpha value is -1.46. The van der Waals surface area contributed by atoms with E-state index >= 15 is 0 Å². The molecular formula is C10H14O5. The van der Waals surface area contributed by atoms with Crippen molar-refractivity contribution in [1.29, 1.82) is 0 Å². The smallest absolute Gasteiger partial charge is 0.330 e. The van der Waals surface area contributed by atoms with E-state index in [2.05, 4.69) is 17.9 Å². The summed E-state index contributed by atoms with van der Waals surface area (Å²) in [6.07, 6.45) is -0.358. The average molecular weight is 214 g/mol. The quantitative estimate of drug-likeness (QED) is 0.372. The largest absolute Gasteiger partial charge is 0.457 e. The van der Waals surface area contributed by atoms with Crippen LogP contribution < -0.4 is 0 Å². The molecule has 0 heterocycles. The Balaban J connectivity index is 3.70. The molecule has 0 spiro atoms. The molecule has 0 fully saturated rings. The van der Waals surface area contributed by atoms with Gasteiger partial charge < -0.3 is 14.6 Å². The molecule has 1 unspecified atom stereocenters. The van der Waals surface area contributed by atoms with Gasteiger partial charge in [-0.2, -0.15) is 0 Å². The molecule has 0 aromatic rings. The highest BCUT2D eigenvalue weighted by Crippen LogP contribution is 1.95. The van der Waals surface area contributed by atoms with Crippen molar-refractivity contribution in [2.45, 2.75) is 13.2 Å². The number of hydrogen-bond donors (Lipinski definition) is 1. The molecule has 0 saturated carbocycles. The van der Waals surface area contributed by atoms with Crippen LogP contribution in [0, 0.1) is 0 Å². The SMILES string of the molecule is C=CC(=O)OCC(O)OCC(=O)C(=C)C. The molecule has 0 aliphatic rings. The maximum Gasteiger partial charge on any atom is 0.330 e. The minimum atomic E-state index is -1.32. The molecule has 0 aliphatic heterocycles. The van der Waals surface area contributed by atoms with E-state index < -0.39 is 12.3 Å². The molecule has 1 N–H and O–H groups in total. The Kier molecular flexibility index (Phi) is 6.24. The lowest BCUT2D eigenvalue weighted by Crippen LogP contribution is -2.24. The minimum absolute atomic E-state index is 0.290. The van der Waals surface area contributed by atoms with Crippen molar-refractivity contribution < 1.29 is 24.2 Å². The predicted octanol–water partition coefficient (Wildman–Crippen LogP) is 0.196. The van der Waals surface area contributed by atoms with Gasteiger partial charge in [-0.15, -0.1) is 0 Å². The van der Waals surface area contributed by atoms with Crippen LogP contribution in [0.25, 0.3) is 0 Å². The number of hydrogen-bond acceptors (Lipinski definition) is 5. The number of rotatable bonds is 7. The van der Waals surface area contributed by atoms with E-state index in [1.165, 1.54) is 6.92 Å². The summed E-state index contributed by atoms with van der Waals surface area (Å²) in [7, 11) is 0. The van der Waals surface area contributed by atoms with E-state index in [4.69, 9.17) is 9.84 Å². The zero-order chi connectivity index (χ0) is 11.8. The highest BCUT2D eigenvalue weighted by molar-refractivity contribution is 5.95. The van der Waals surface area contributed by atoms with Crippen molar-refractivity contribution in [2.24, 2.45) is 0 Å². The molecule has 0 amide bonds. The Bertz CT molecular complexity index is 269. The summed E-state index contributed by atoms with van der Waals surface area (Å²) in [4.78, 5) is 21.6. The van der Waals surface area contributed by atoms with Gasteiger partial charge in [0.1, 0.15) is 13.2 Å². The summed E-state index contributed by atoms with van der Waals surface area (Å²) in [5, 5.41) is 9.11. The third-order valence-electron chi connectivity index (χ3n) is 1.42. The van der Waals surface area contributed by atoms with Crippen molar-refractivity contribution in [1.82, 2.24) is 0 Å². The van der Waals surface area contributed by atoms with E-state index in [0.717, 1.165) is 6.08 Å². The van der Waals surface area contributed by atoms with Gasteiger partial charge in [0.15, 0.2) is 12.1 Å². The average Bonchev–Trinajstić information content (AvgIpc) is 2.21. The standard InChI is InChI=1S/C10H14O5/c1-4-9(12)15-6-10(13)14-5-8(11)7(2)3/h4,10,13H,1-2,5-6H2,3H3. The first-order valence-electron chi connectivity index (χ1n) is 4.25. The summed E-state index contributed by atoms with van der Waals surface area (Å²) >= 11 is 0. The second kappa shape index (κ2) is 6.92. The fraction of sp³-hybridized carbons (Fsp3) is 0.400. The van der Waals surface area contributed by atoms with Crippen LogP contribution in [0.1, 0.15) is 6.92 Å². The van der Waals surface area contributed by atoms with E-state index in [1.54, 1.807) is 0 Å². The first-order valence-corrected chi connectivity index (χ1v) is 4.25. The van der Waals surface area contributed by atoms with E-state index in [-0.39, 0.29) is 19.0 Å². The number of Topliss-reactive ketones (excluding diaryl/α,β-unsaturated/α-hetero) is 1. The number of esters is 1. The topological polar surface area (TPSA) is 72.8 Å². The second-order valence-electron chi connectivity index (χ2n) is 2.80. The van der Waals surface area contributed by atoms with Gasteiger partial charge in [-0.25, -0.2) is 4.79 Å². The van der Waals surface area contributed by atoms with Crippen LogP contribution in [0.15, 0.2) is 24.8 Å². The zero-order valence-electron chi connectivity index (χ0n) is 8.56. The van der Waals surface area contributed by atoms with Crippen LogP contribution >= 0.6 is 0 Å². The lowest BCUT2D eigenvalue weighted by atomic mass is 10.2. The Labute approximate surface area is 88.0 Å². The predicted molar refractivity (Wildman–Crippen MR) is 52.9 cm³/mol. The summed E-state index contributed by atoms with van der Waals surface area (Å²) in [5.41, 5.74) is 0.338. The molecule has 84 valence electrons. The highest BCUT2D eigenvalue weighted by Gasteiger charge is 2.10. The van der Waals surface area contributed by atoms with Crippen LogP contribution in [-0.4, -0.2) is 36.4 Å². The molecule has 15 heavy (non-hydrogen) atoms. The van der Waals surface area contributed by atoms with Crippen molar-refractivity contribution in [3.05, 3.63) is 24.8 Å². The number of aliphatic hydroxyl groups is 1. The Morgan fingerprint density at radius 3 is 2.60 bits per heavy atom. The van der Waals surface area contributed by atoms with E-state index in [1.807, 2.05) is 0 Å². The lowest BCUT2D eigenvalue weighted by molar-refractivity contribution is -0.163. The third kappa shape index (κ3) is 6.59. The van der Waals surface area contributed by atoms with Gasteiger partial charge in [0, 0.05) is 6.08 Å². The van der Waals surface area contributed by atoms with Gasteiger partial charge in [0.25, 0.3) is 0 Å². The molecule has 5 heteroatoms. The number of carbonyl (C=O) groups excluding carboxylic acids is 2. The maximum atomic E-state index is 11.0. The van der Waals surface area contributed by atoms with Crippen LogP contribution in [0.2, 0.25) is 0 Å². The van der Waals surface area contributed by atoms with Crippen molar-refractivity contribution in [3.63, 3.8) is 0 Å². The van der Waals surface area contributed by atoms with Crippen LogP contribution in [0.3, 0.4) is 0 Å². The highest BCUT2D eigenvalue weighted by atomic mass is 16.6. The maximum absolute atomic E-state index is 11.0. The van der Waals surface area contributed by atoms with Crippen molar-refractivity contribution in [2.75, 3.05) is 13.2 Å². The van der Waals surface area contributed by atoms with Crippen molar-refractivity contribution in [3.8, 4) is 0 Å². The third-order valence-corrected chi connectivity index (χ3v) is 1.42. The van der Waals surface area contributed by atoms with Crippen LogP contribution in [0.4, 0.5) is 0 Å². The van der Waals surface area contributed by atoms with Crippen molar-refractivity contribution >= 4 is 11.8 Å². The van der Waals surface area contributed by atoms with E-state index in [9.17, 15) is 9.59 Å². The van der Waals surface area contributed by atoms with Gasteiger partial charge in [-0.1, -0.05) is 13.2 Å². The number of ether oxygens (including phenoxy) is 2. The molecule has 0 aromatic heterocycles. The Morgan fingerprint density at radius 2 is 2.13 bits per heavy atom. The minimum Gasteiger partial charge on any atom is -0.457 e. The Morgan fingerprint density at radius 1 is 1.53 bits per heavy atom.